The zero-order valence-corrected chi connectivity index (χ0v) is 16.8. The minimum atomic E-state index is -0.436. The van der Waals surface area contributed by atoms with E-state index in [2.05, 4.69) is 20.5 Å². The van der Waals surface area contributed by atoms with Crippen LogP contribution in [0.3, 0.4) is 0 Å². The highest BCUT2D eigenvalue weighted by Gasteiger charge is 2.14. The summed E-state index contributed by atoms with van der Waals surface area (Å²) in [6, 6.07) is 12.6. The van der Waals surface area contributed by atoms with E-state index in [0.717, 1.165) is 33.5 Å². The van der Waals surface area contributed by atoms with E-state index < -0.39 is 5.69 Å². The molecule has 0 aliphatic rings. The summed E-state index contributed by atoms with van der Waals surface area (Å²) in [7, 11) is 0. The van der Waals surface area contributed by atoms with Gasteiger partial charge in [-0.1, -0.05) is 18.2 Å². The summed E-state index contributed by atoms with van der Waals surface area (Å²) in [5, 5.41) is 9.65. The number of nitrogens with one attached hydrogen (secondary N) is 1. The van der Waals surface area contributed by atoms with Crippen LogP contribution in [0.1, 0.15) is 22.3 Å². The lowest BCUT2D eigenvalue weighted by molar-refractivity contribution is 0.301. The van der Waals surface area contributed by atoms with Crippen molar-refractivity contribution in [1.82, 2.24) is 25.2 Å². The number of pyridine rings is 1. The summed E-state index contributed by atoms with van der Waals surface area (Å²) in [5.74, 6) is 0.202. The molecule has 2 heterocycles. The van der Waals surface area contributed by atoms with Gasteiger partial charge in [-0.05, 0) is 77.7 Å². The van der Waals surface area contributed by atoms with Crippen LogP contribution in [0.15, 0.2) is 53.5 Å². The Morgan fingerprint density at radius 3 is 2.60 bits per heavy atom. The SMILES string of the molecule is Cc1cc(-c2ccc(F)cn2)c(C)cc1COc1c(C)cccc1-n1nn[nH]c1=O. The van der Waals surface area contributed by atoms with E-state index in [1.54, 1.807) is 12.1 Å². The molecule has 0 aliphatic carbocycles. The van der Waals surface area contributed by atoms with Gasteiger partial charge < -0.3 is 4.74 Å². The smallest absolute Gasteiger partial charge is 0.365 e. The van der Waals surface area contributed by atoms with Gasteiger partial charge in [0.2, 0.25) is 0 Å². The van der Waals surface area contributed by atoms with E-state index in [-0.39, 0.29) is 5.82 Å². The molecular weight excluding hydrogens is 385 g/mol. The van der Waals surface area contributed by atoms with Crippen LogP contribution >= 0.6 is 0 Å². The first-order valence-electron chi connectivity index (χ1n) is 9.39. The van der Waals surface area contributed by atoms with E-state index in [1.807, 2.05) is 45.0 Å². The van der Waals surface area contributed by atoms with Crippen LogP contribution in [0, 0.1) is 26.6 Å². The molecular formula is C22H20FN5O2. The summed E-state index contributed by atoms with van der Waals surface area (Å²) >= 11 is 0. The van der Waals surface area contributed by atoms with Gasteiger partial charge in [0.1, 0.15) is 23.9 Å². The number of H-pyrrole nitrogens is 1. The fourth-order valence-corrected chi connectivity index (χ4v) is 3.34. The van der Waals surface area contributed by atoms with Crippen molar-refractivity contribution >= 4 is 0 Å². The van der Waals surface area contributed by atoms with E-state index in [0.29, 0.717) is 18.0 Å². The molecule has 1 N–H and O–H groups in total. The topological polar surface area (TPSA) is 85.7 Å². The number of ether oxygens (including phenoxy) is 1. The second kappa shape index (κ2) is 7.90. The van der Waals surface area contributed by atoms with E-state index in [9.17, 15) is 9.18 Å². The minimum absolute atomic E-state index is 0.314. The first kappa shape index (κ1) is 19.5. The summed E-state index contributed by atoms with van der Waals surface area (Å²) in [6.07, 6.45) is 1.21. The molecule has 0 fully saturated rings. The number of aromatic nitrogens is 5. The normalized spacial score (nSPS) is 10.9. The Balaban J connectivity index is 1.64. The predicted octanol–water partition coefficient (Wildman–Crippen LogP) is 3.66. The maximum absolute atomic E-state index is 13.2. The fraction of sp³-hybridized carbons (Fsp3) is 0.182. The van der Waals surface area contributed by atoms with Crippen LogP contribution in [0.2, 0.25) is 0 Å². The monoisotopic (exact) mass is 405 g/mol. The molecule has 0 radical (unpaired) electrons. The molecule has 0 unspecified atom stereocenters. The van der Waals surface area contributed by atoms with Crippen LogP contribution in [-0.2, 0) is 6.61 Å². The van der Waals surface area contributed by atoms with Gasteiger partial charge in [0.15, 0.2) is 0 Å². The average Bonchev–Trinajstić information content (AvgIpc) is 3.15. The molecule has 0 bridgehead atoms. The molecule has 8 heteroatoms. The molecule has 2 aromatic carbocycles. The highest BCUT2D eigenvalue weighted by Crippen LogP contribution is 2.29. The van der Waals surface area contributed by atoms with Gasteiger partial charge in [0, 0.05) is 5.56 Å². The highest BCUT2D eigenvalue weighted by molar-refractivity contribution is 5.65. The van der Waals surface area contributed by atoms with Gasteiger partial charge in [-0.15, -0.1) is 0 Å². The highest BCUT2D eigenvalue weighted by atomic mass is 19.1. The third kappa shape index (κ3) is 3.71. The van der Waals surface area contributed by atoms with Crippen molar-refractivity contribution < 1.29 is 9.13 Å². The lowest BCUT2D eigenvalue weighted by Gasteiger charge is -2.16. The number of aryl methyl sites for hydroxylation is 3. The minimum Gasteiger partial charge on any atom is -0.486 e. The van der Waals surface area contributed by atoms with Crippen molar-refractivity contribution in [2.24, 2.45) is 0 Å². The van der Waals surface area contributed by atoms with Crippen LogP contribution in [0.4, 0.5) is 4.39 Å². The summed E-state index contributed by atoms with van der Waals surface area (Å²) in [6.45, 7) is 6.20. The number of hydrogen-bond donors (Lipinski definition) is 1. The summed E-state index contributed by atoms with van der Waals surface area (Å²) in [5.41, 5.74) is 5.66. The van der Waals surface area contributed by atoms with E-state index in [1.165, 1.54) is 16.9 Å². The predicted molar refractivity (Wildman–Crippen MR) is 110 cm³/mol. The zero-order valence-electron chi connectivity index (χ0n) is 16.8. The molecule has 2 aromatic heterocycles. The Morgan fingerprint density at radius 1 is 1.07 bits per heavy atom. The first-order chi connectivity index (χ1) is 14.4. The molecule has 0 amide bonds. The molecule has 152 valence electrons. The largest absolute Gasteiger partial charge is 0.486 e. The van der Waals surface area contributed by atoms with Crippen LogP contribution in [-0.4, -0.2) is 25.2 Å². The Hall–Kier alpha value is -3.81. The molecule has 30 heavy (non-hydrogen) atoms. The van der Waals surface area contributed by atoms with E-state index in [4.69, 9.17) is 4.74 Å². The summed E-state index contributed by atoms with van der Waals surface area (Å²) < 4.78 is 20.5. The number of aromatic amines is 1. The van der Waals surface area contributed by atoms with Gasteiger partial charge in [0.25, 0.3) is 0 Å². The van der Waals surface area contributed by atoms with Gasteiger partial charge >= 0.3 is 5.69 Å². The van der Waals surface area contributed by atoms with Gasteiger partial charge in [0.05, 0.1) is 11.9 Å². The number of rotatable bonds is 5. The second-order valence-corrected chi connectivity index (χ2v) is 7.09. The maximum atomic E-state index is 13.2. The molecule has 0 atom stereocenters. The Kier molecular flexibility index (Phi) is 5.14. The number of tetrazole rings is 1. The fourth-order valence-electron chi connectivity index (χ4n) is 3.34. The number of para-hydroxylation sites is 1. The number of halogens is 1. The molecule has 0 saturated carbocycles. The lowest BCUT2D eigenvalue weighted by Crippen LogP contribution is -2.17. The molecule has 4 rings (SSSR count). The Labute approximate surface area is 172 Å². The molecule has 0 aliphatic heterocycles. The molecule has 4 aromatic rings. The van der Waals surface area contributed by atoms with Crippen LogP contribution in [0.25, 0.3) is 16.9 Å². The van der Waals surface area contributed by atoms with Gasteiger partial charge in [-0.3, -0.25) is 4.98 Å². The lowest BCUT2D eigenvalue weighted by atomic mass is 9.98. The quantitative estimate of drug-likeness (QED) is 0.548. The summed E-state index contributed by atoms with van der Waals surface area (Å²) in [4.78, 5) is 16.1. The Bertz CT molecular complexity index is 1260. The van der Waals surface area contributed by atoms with E-state index >= 15 is 0 Å². The van der Waals surface area contributed by atoms with Gasteiger partial charge in [-0.25, -0.2) is 14.3 Å². The van der Waals surface area contributed by atoms with Gasteiger partial charge in [-0.2, -0.15) is 4.68 Å². The maximum Gasteiger partial charge on any atom is 0.365 e. The molecule has 0 saturated heterocycles. The van der Waals surface area contributed by atoms with Crippen LogP contribution in [0.5, 0.6) is 5.75 Å². The average molecular weight is 405 g/mol. The van der Waals surface area contributed by atoms with Crippen LogP contribution < -0.4 is 10.4 Å². The number of nitrogens with zero attached hydrogens (tertiary/aromatic N) is 4. The molecule has 0 spiro atoms. The standard InChI is InChI=1S/C22H20FN5O2/c1-13-5-4-6-20(28-22(29)25-26-27-28)21(13)30-12-16-9-15(3)18(10-14(16)2)19-8-7-17(23)11-24-19/h4-11H,12H2,1-3H3,(H,25,27,29). The van der Waals surface area contributed by atoms with Crippen molar-refractivity contribution in [2.75, 3.05) is 0 Å². The number of benzene rings is 2. The van der Waals surface area contributed by atoms with Crippen molar-refractivity contribution in [2.45, 2.75) is 27.4 Å². The van der Waals surface area contributed by atoms with Crippen molar-refractivity contribution in [3.05, 3.63) is 87.2 Å². The van der Waals surface area contributed by atoms with Crippen molar-refractivity contribution in [3.63, 3.8) is 0 Å². The third-order valence-electron chi connectivity index (χ3n) is 4.95. The zero-order chi connectivity index (χ0) is 21.3. The number of hydrogen-bond acceptors (Lipinski definition) is 5. The Morgan fingerprint density at radius 2 is 1.90 bits per heavy atom. The second-order valence-electron chi connectivity index (χ2n) is 7.09. The first-order valence-corrected chi connectivity index (χ1v) is 9.39. The van der Waals surface area contributed by atoms with Crippen molar-refractivity contribution in [1.29, 1.82) is 0 Å². The van der Waals surface area contributed by atoms with Crippen molar-refractivity contribution in [3.8, 4) is 22.7 Å². The third-order valence-corrected chi connectivity index (χ3v) is 4.95. The molecule has 7 nitrogen and oxygen atoms in total.